The molecule has 0 atom stereocenters. The van der Waals surface area contributed by atoms with E-state index in [-0.39, 0.29) is 5.56 Å². The number of H-pyrrole nitrogens is 1. The molecule has 0 aliphatic rings. The van der Waals surface area contributed by atoms with E-state index >= 15 is 0 Å². The van der Waals surface area contributed by atoms with Crippen LogP contribution in [0.15, 0.2) is 52.8 Å². The lowest BCUT2D eigenvalue weighted by molar-refractivity contribution is 0.736. The van der Waals surface area contributed by atoms with Crippen molar-refractivity contribution >= 4 is 32.6 Å². The maximum Gasteiger partial charge on any atom is 0.269 e. The Morgan fingerprint density at radius 2 is 2.12 bits per heavy atom. The van der Waals surface area contributed by atoms with Crippen LogP contribution >= 0.6 is 11.3 Å². The minimum Gasteiger partial charge on any atom is -0.304 e. The lowest BCUT2D eigenvalue weighted by Crippen LogP contribution is -2.08. The van der Waals surface area contributed by atoms with Crippen LogP contribution < -0.4 is 5.56 Å². The first kappa shape index (κ1) is 14.9. The molecule has 0 fully saturated rings. The third kappa shape index (κ3) is 2.23. The second kappa shape index (κ2) is 5.57. The molecule has 7 nitrogen and oxygen atoms in total. The van der Waals surface area contributed by atoms with E-state index < -0.39 is 0 Å². The summed E-state index contributed by atoms with van der Waals surface area (Å²) >= 11 is 1.39. The molecule has 0 aliphatic heterocycles. The molecule has 4 heterocycles. The molecule has 0 unspecified atom stereocenters. The Bertz CT molecular complexity index is 1320. The van der Waals surface area contributed by atoms with E-state index in [2.05, 4.69) is 25.3 Å². The van der Waals surface area contributed by atoms with Crippen molar-refractivity contribution < 1.29 is 0 Å². The number of thiophene rings is 1. The molecule has 4 aromatic heterocycles. The van der Waals surface area contributed by atoms with Gasteiger partial charge in [0, 0.05) is 24.2 Å². The summed E-state index contributed by atoms with van der Waals surface area (Å²) in [5, 5.41) is 10.1. The van der Waals surface area contributed by atoms with Crippen molar-refractivity contribution in [1.29, 1.82) is 0 Å². The number of aromatic nitrogens is 6. The number of pyridine rings is 1. The van der Waals surface area contributed by atoms with E-state index in [4.69, 9.17) is 0 Å². The first-order valence-corrected chi connectivity index (χ1v) is 8.81. The Kier molecular flexibility index (Phi) is 3.19. The van der Waals surface area contributed by atoms with E-state index in [0.717, 1.165) is 22.2 Å². The van der Waals surface area contributed by atoms with Crippen LogP contribution in [0, 0.1) is 0 Å². The first-order chi connectivity index (χ1) is 12.7. The number of nitrogens with one attached hydrogen (secondary N) is 1. The topological polar surface area (TPSA) is 89.4 Å². The number of hydrogen-bond donors (Lipinski definition) is 1. The van der Waals surface area contributed by atoms with Gasteiger partial charge in [-0.3, -0.25) is 9.78 Å². The standard InChI is InChI=1S/C18H12N6OS/c1-24-14-8-10(5-6-12(14)22-23-24)11-9-26-16-15(11)20-17(21-18(16)25)13-4-2-3-7-19-13/h2-9H,1H3,(H,20,21,25). The average molecular weight is 360 g/mol. The van der Waals surface area contributed by atoms with E-state index in [1.807, 2.05) is 48.8 Å². The molecule has 1 aromatic carbocycles. The Morgan fingerprint density at radius 1 is 1.19 bits per heavy atom. The fourth-order valence-corrected chi connectivity index (χ4v) is 3.86. The summed E-state index contributed by atoms with van der Waals surface area (Å²) in [6.07, 6.45) is 1.68. The van der Waals surface area contributed by atoms with Crippen molar-refractivity contribution in [3.8, 4) is 22.6 Å². The maximum atomic E-state index is 12.5. The molecule has 5 aromatic rings. The predicted octanol–water partition coefficient (Wildman–Crippen LogP) is 3.00. The van der Waals surface area contributed by atoms with Crippen LogP contribution in [0.1, 0.15) is 0 Å². The number of rotatable bonds is 2. The summed E-state index contributed by atoms with van der Waals surface area (Å²) in [4.78, 5) is 24.3. The third-order valence-electron chi connectivity index (χ3n) is 4.26. The second-order valence-electron chi connectivity index (χ2n) is 5.87. The van der Waals surface area contributed by atoms with Crippen LogP contribution in [0.2, 0.25) is 0 Å². The van der Waals surface area contributed by atoms with Gasteiger partial charge in [0.1, 0.15) is 15.9 Å². The Morgan fingerprint density at radius 3 is 2.96 bits per heavy atom. The summed E-state index contributed by atoms with van der Waals surface area (Å²) in [6.45, 7) is 0. The quantitative estimate of drug-likeness (QED) is 0.523. The number of aryl methyl sites for hydroxylation is 1. The van der Waals surface area contributed by atoms with Crippen LogP contribution in [0.5, 0.6) is 0 Å². The Hall–Kier alpha value is -3.39. The van der Waals surface area contributed by atoms with E-state index in [0.29, 0.717) is 21.7 Å². The van der Waals surface area contributed by atoms with Gasteiger partial charge in [-0.25, -0.2) is 9.67 Å². The van der Waals surface area contributed by atoms with E-state index in [9.17, 15) is 4.79 Å². The summed E-state index contributed by atoms with van der Waals surface area (Å²) in [5.74, 6) is 0.464. The molecule has 26 heavy (non-hydrogen) atoms. The molecule has 0 radical (unpaired) electrons. The van der Waals surface area contributed by atoms with Crippen molar-refractivity contribution in [1.82, 2.24) is 29.9 Å². The molecular weight excluding hydrogens is 348 g/mol. The normalized spacial score (nSPS) is 11.4. The number of fused-ring (bicyclic) bond motifs is 2. The molecule has 126 valence electrons. The van der Waals surface area contributed by atoms with Crippen LogP contribution in [0.4, 0.5) is 0 Å². The zero-order chi connectivity index (χ0) is 17.7. The minimum absolute atomic E-state index is 0.157. The summed E-state index contributed by atoms with van der Waals surface area (Å²) in [5.41, 5.74) is 4.79. The molecular formula is C18H12N6OS. The van der Waals surface area contributed by atoms with Crippen molar-refractivity contribution in [2.45, 2.75) is 0 Å². The van der Waals surface area contributed by atoms with E-state index in [1.54, 1.807) is 10.9 Å². The fourth-order valence-electron chi connectivity index (χ4n) is 2.95. The average Bonchev–Trinajstić information content (AvgIpc) is 3.26. The van der Waals surface area contributed by atoms with Gasteiger partial charge < -0.3 is 4.98 Å². The van der Waals surface area contributed by atoms with Gasteiger partial charge in [0.15, 0.2) is 5.82 Å². The van der Waals surface area contributed by atoms with Crippen LogP contribution in [-0.2, 0) is 7.05 Å². The number of aromatic amines is 1. The fraction of sp³-hybridized carbons (Fsp3) is 0.0556. The van der Waals surface area contributed by atoms with Crippen LogP contribution in [0.3, 0.4) is 0 Å². The maximum absolute atomic E-state index is 12.5. The highest BCUT2D eigenvalue weighted by Gasteiger charge is 2.15. The zero-order valence-electron chi connectivity index (χ0n) is 13.7. The highest BCUT2D eigenvalue weighted by molar-refractivity contribution is 7.17. The molecule has 0 aliphatic carbocycles. The third-order valence-corrected chi connectivity index (χ3v) is 5.22. The molecule has 0 saturated carbocycles. The molecule has 0 bridgehead atoms. The minimum atomic E-state index is -0.157. The summed E-state index contributed by atoms with van der Waals surface area (Å²) in [6, 6.07) is 11.4. The number of nitrogens with zero attached hydrogens (tertiary/aromatic N) is 5. The molecule has 0 spiro atoms. The SMILES string of the molecule is Cn1nnc2ccc(-c3csc4c(=O)[nH]c(-c5ccccn5)nc34)cc21. The van der Waals surface area contributed by atoms with Crippen LogP contribution in [0.25, 0.3) is 43.9 Å². The zero-order valence-corrected chi connectivity index (χ0v) is 14.5. The number of hydrogen-bond acceptors (Lipinski definition) is 6. The van der Waals surface area contributed by atoms with Gasteiger partial charge in [-0.2, -0.15) is 0 Å². The molecule has 8 heteroatoms. The highest BCUT2D eigenvalue weighted by Crippen LogP contribution is 2.33. The van der Waals surface area contributed by atoms with Crippen molar-refractivity contribution in [3.63, 3.8) is 0 Å². The lowest BCUT2D eigenvalue weighted by Gasteiger charge is -2.03. The van der Waals surface area contributed by atoms with Gasteiger partial charge in [0.05, 0.1) is 11.0 Å². The van der Waals surface area contributed by atoms with Crippen molar-refractivity contribution in [2.24, 2.45) is 7.05 Å². The Labute approximate surface area is 151 Å². The van der Waals surface area contributed by atoms with Gasteiger partial charge in [0.25, 0.3) is 5.56 Å². The summed E-state index contributed by atoms with van der Waals surface area (Å²) in [7, 11) is 1.85. The monoisotopic (exact) mass is 360 g/mol. The van der Waals surface area contributed by atoms with Gasteiger partial charge in [0.2, 0.25) is 0 Å². The summed E-state index contributed by atoms with van der Waals surface area (Å²) < 4.78 is 2.33. The molecule has 0 saturated heterocycles. The first-order valence-electron chi connectivity index (χ1n) is 7.93. The second-order valence-corrected chi connectivity index (χ2v) is 6.75. The molecule has 1 N–H and O–H groups in total. The van der Waals surface area contributed by atoms with Crippen LogP contribution in [-0.4, -0.2) is 29.9 Å². The van der Waals surface area contributed by atoms with Gasteiger partial charge in [-0.15, -0.1) is 16.4 Å². The van der Waals surface area contributed by atoms with Gasteiger partial charge >= 0.3 is 0 Å². The smallest absolute Gasteiger partial charge is 0.269 e. The number of benzene rings is 1. The van der Waals surface area contributed by atoms with Gasteiger partial charge in [-0.05, 0) is 29.8 Å². The van der Waals surface area contributed by atoms with E-state index in [1.165, 1.54) is 11.3 Å². The van der Waals surface area contributed by atoms with Crippen molar-refractivity contribution in [2.75, 3.05) is 0 Å². The Balaban J connectivity index is 1.76. The molecule has 0 amide bonds. The predicted molar refractivity (Wildman–Crippen MR) is 101 cm³/mol. The highest BCUT2D eigenvalue weighted by atomic mass is 32.1. The van der Waals surface area contributed by atoms with Gasteiger partial charge in [-0.1, -0.05) is 17.3 Å². The largest absolute Gasteiger partial charge is 0.304 e. The lowest BCUT2D eigenvalue weighted by atomic mass is 10.1. The van der Waals surface area contributed by atoms with Crippen molar-refractivity contribution in [3.05, 3.63) is 58.3 Å². The molecule has 5 rings (SSSR count).